The fourth-order valence-electron chi connectivity index (χ4n) is 6.97. The average molecular weight is 315 g/mol. The lowest BCUT2D eigenvalue weighted by Gasteiger charge is -2.57. The molecule has 0 spiro atoms. The van der Waals surface area contributed by atoms with Crippen LogP contribution < -0.4 is 0 Å². The first-order valence-electron chi connectivity index (χ1n) is 9.99. The molecule has 3 fully saturated rings. The van der Waals surface area contributed by atoms with Crippen LogP contribution in [0, 0.1) is 28.6 Å². The van der Waals surface area contributed by atoms with Gasteiger partial charge in [-0.05, 0) is 80.0 Å². The van der Waals surface area contributed by atoms with Crippen LogP contribution in [0.3, 0.4) is 0 Å². The van der Waals surface area contributed by atoms with Gasteiger partial charge in [0.2, 0.25) is 0 Å². The Hall–Kier alpha value is -0.560. The van der Waals surface area contributed by atoms with Crippen molar-refractivity contribution in [3.8, 4) is 0 Å². The van der Waals surface area contributed by atoms with E-state index >= 15 is 0 Å². The molecule has 4 aliphatic carbocycles. The van der Waals surface area contributed by atoms with E-state index in [1.54, 1.807) is 5.57 Å². The van der Waals surface area contributed by atoms with Gasteiger partial charge in [0.1, 0.15) is 0 Å². The number of fused-ring (bicyclic) bond motifs is 5. The fraction of sp³-hybridized carbons (Fsp3) is 0.818. The zero-order valence-electron chi connectivity index (χ0n) is 15.2. The van der Waals surface area contributed by atoms with Crippen molar-refractivity contribution in [1.29, 1.82) is 0 Å². The molecular weight excluding hydrogens is 280 g/mol. The Morgan fingerprint density at radius 1 is 1.17 bits per heavy atom. The van der Waals surface area contributed by atoms with E-state index in [2.05, 4.69) is 26.5 Å². The van der Waals surface area contributed by atoms with Gasteiger partial charge < -0.3 is 4.74 Å². The van der Waals surface area contributed by atoms with Crippen molar-refractivity contribution in [3.63, 3.8) is 0 Å². The topological polar surface area (TPSA) is 9.23 Å². The summed E-state index contributed by atoms with van der Waals surface area (Å²) in [5.41, 5.74) is 2.88. The van der Waals surface area contributed by atoms with Crippen molar-refractivity contribution >= 4 is 0 Å². The fourth-order valence-corrected chi connectivity index (χ4v) is 6.97. The molecule has 128 valence electrons. The van der Waals surface area contributed by atoms with Crippen LogP contribution in [-0.4, -0.2) is 12.7 Å². The third-order valence-electron chi connectivity index (χ3n) is 8.29. The largest absolute Gasteiger partial charge is 0.374 e. The van der Waals surface area contributed by atoms with Crippen LogP contribution in [0.2, 0.25) is 0 Å². The van der Waals surface area contributed by atoms with Gasteiger partial charge in [0.25, 0.3) is 0 Å². The smallest absolute Gasteiger partial charge is 0.0648 e. The summed E-state index contributed by atoms with van der Waals surface area (Å²) < 4.78 is 5.99. The maximum Gasteiger partial charge on any atom is 0.0648 e. The Kier molecular flexibility index (Phi) is 3.99. The molecule has 4 aliphatic rings. The molecule has 0 N–H and O–H groups in total. The van der Waals surface area contributed by atoms with Gasteiger partial charge in [-0.2, -0.15) is 0 Å². The summed E-state index contributed by atoms with van der Waals surface area (Å²) in [4.78, 5) is 0. The molecule has 0 bridgehead atoms. The monoisotopic (exact) mass is 314 g/mol. The van der Waals surface area contributed by atoms with E-state index in [1.807, 2.05) is 6.08 Å². The maximum atomic E-state index is 5.99. The summed E-state index contributed by atoms with van der Waals surface area (Å²) in [7, 11) is 0. The maximum absolute atomic E-state index is 5.99. The Morgan fingerprint density at radius 2 is 2.04 bits per heavy atom. The second kappa shape index (κ2) is 5.76. The first-order chi connectivity index (χ1) is 11.1. The van der Waals surface area contributed by atoms with Gasteiger partial charge in [-0.15, -0.1) is 6.58 Å². The Bertz CT molecular complexity index is 506. The second-order valence-corrected chi connectivity index (χ2v) is 9.33. The van der Waals surface area contributed by atoms with E-state index in [0.717, 1.165) is 17.8 Å². The van der Waals surface area contributed by atoms with Crippen molar-refractivity contribution in [2.75, 3.05) is 6.61 Å². The summed E-state index contributed by atoms with van der Waals surface area (Å²) in [6.45, 7) is 9.70. The number of allylic oxidation sites excluding steroid dienone is 1. The van der Waals surface area contributed by atoms with Crippen molar-refractivity contribution in [3.05, 3.63) is 24.3 Å². The second-order valence-electron chi connectivity index (χ2n) is 9.33. The lowest BCUT2D eigenvalue weighted by molar-refractivity contribution is -0.0442. The molecule has 0 radical (unpaired) electrons. The highest BCUT2D eigenvalue weighted by Crippen LogP contribution is 2.64. The molecule has 3 saturated carbocycles. The highest BCUT2D eigenvalue weighted by molar-refractivity contribution is 5.25. The minimum Gasteiger partial charge on any atom is -0.374 e. The van der Waals surface area contributed by atoms with Gasteiger partial charge in [-0.3, -0.25) is 0 Å². The molecule has 6 atom stereocenters. The van der Waals surface area contributed by atoms with Crippen molar-refractivity contribution < 1.29 is 4.74 Å². The van der Waals surface area contributed by atoms with E-state index in [1.165, 1.54) is 57.8 Å². The third kappa shape index (κ3) is 2.46. The zero-order valence-corrected chi connectivity index (χ0v) is 15.2. The summed E-state index contributed by atoms with van der Waals surface area (Å²) in [5.74, 6) is 2.92. The molecule has 0 saturated heterocycles. The van der Waals surface area contributed by atoms with Crippen LogP contribution in [0.15, 0.2) is 24.3 Å². The van der Waals surface area contributed by atoms with Gasteiger partial charge in [0.05, 0.1) is 12.7 Å². The molecule has 0 amide bonds. The predicted molar refractivity (Wildman–Crippen MR) is 96.3 cm³/mol. The zero-order chi connectivity index (χ0) is 16.1. The van der Waals surface area contributed by atoms with Gasteiger partial charge >= 0.3 is 0 Å². The first-order valence-corrected chi connectivity index (χ1v) is 9.99. The van der Waals surface area contributed by atoms with Crippen molar-refractivity contribution in [1.82, 2.24) is 0 Å². The Labute approximate surface area is 142 Å². The predicted octanol–water partition coefficient (Wildman–Crippen LogP) is 5.91. The molecule has 0 aromatic rings. The molecule has 0 aliphatic heterocycles. The van der Waals surface area contributed by atoms with E-state index in [-0.39, 0.29) is 0 Å². The number of hydrogen-bond acceptors (Lipinski definition) is 1. The van der Waals surface area contributed by atoms with E-state index < -0.39 is 0 Å². The van der Waals surface area contributed by atoms with Crippen molar-refractivity contribution in [2.24, 2.45) is 28.6 Å². The summed E-state index contributed by atoms with van der Waals surface area (Å²) in [5, 5.41) is 0. The summed E-state index contributed by atoms with van der Waals surface area (Å²) >= 11 is 0. The quantitative estimate of drug-likeness (QED) is 0.588. The van der Waals surface area contributed by atoms with Gasteiger partial charge in [-0.1, -0.05) is 38.0 Å². The average Bonchev–Trinajstić information content (AvgIpc) is 2.94. The van der Waals surface area contributed by atoms with Gasteiger partial charge in [0.15, 0.2) is 0 Å². The van der Waals surface area contributed by atoms with Gasteiger partial charge in [0, 0.05) is 0 Å². The van der Waals surface area contributed by atoms with Crippen LogP contribution in [0.25, 0.3) is 0 Å². The van der Waals surface area contributed by atoms with Crippen LogP contribution in [0.5, 0.6) is 0 Å². The minimum absolute atomic E-state index is 0.434. The Balaban J connectivity index is 1.56. The lowest BCUT2D eigenvalue weighted by atomic mass is 9.48. The van der Waals surface area contributed by atoms with E-state index in [0.29, 0.717) is 23.5 Å². The molecule has 0 aromatic heterocycles. The van der Waals surface area contributed by atoms with Crippen LogP contribution in [0.4, 0.5) is 0 Å². The third-order valence-corrected chi connectivity index (χ3v) is 8.29. The SMILES string of the molecule is C=CCOC1CCC2(C)C(=CCC3C4CCCC4(C)CCC32)C1. The number of ether oxygens (including phenoxy) is 1. The van der Waals surface area contributed by atoms with E-state index in [9.17, 15) is 0 Å². The number of rotatable bonds is 3. The van der Waals surface area contributed by atoms with Gasteiger partial charge in [-0.25, -0.2) is 0 Å². The highest BCUT2D eigenvalue weighted by Gasteiger charge is 2.55. The van der Waals surface area contributed by atoms with Crippen molar-refractivity contribution in [2.45, 2.75) is 77.7 Å². The van der Waals surface area contributed by atoms with Crippen LogP contribution in [0.1, 0.15) is 71.6 Å². The van der Waals surface area contributed by atoms with E-state index in [4.69, 9.17) is 4.74 Å². The standard InChI is InChI=1S/C22H34O/c1-4-14-23-17-9-13-22(3)16(15-17)7-8-18-19-6-5-11-21(19,2)12-10-20(18)22/h4,7,17-20H,1,5-6,8-15H2,2-3H3. The van der Waals surface area contributed by atoms with Crippen LogP contribution >= 0.6 is 0 Å². The lowest BCUT2D eigenvalue weighted by Crippen LogP contribution is -2.49. The molecule has 1 heteroatoms. The molecule has 23 heavy (non-hydrogen) atoms. The molecular formula is C22H34O. The Morgan fingerprint density at radius 3 is 2.87 bits per heavy atom. The molecule has 1 nitrogen and oxygen atoms in total. The number of hydrogen-bond donors (Lipinski definition) is 0. The minimum atomic E-state index is 0.434. The molecule has 0 aromatic carbocycles. The molecule has 0 heterocycles. The van der Waals surface area contributed by atoms with Crippen LogP contribution in [-0.2, 0) is 4.74 Å². The summed E-state index contributed by atoms with van der Waals surface area (Å²) in [6, 6.07) is 0. The first kappa shape index (κ1) is 15.9. The summed E-state index contributed by atoms with van der Waals surface area (Å²) in [6.07, 6.45) is 17.5. The highest BCUT2D eigenvalue weighted by atomic mass is 16.5. The molecule has 6 unspecified atom stereocenters. The normalized spacial score (nSPS) is 48.9. The molecule has 4 rings (SSSR count).